The van der Waals surface area contributed by atoms with Crippen molar-refractivity contribution < 1.29 is 37.3 Å². The van der Waals surface area contributed by atoms with E-state index in [2.05, 4.69) is 10.6 Å². The number of alkyl halides is 3. The number of ether oxygens (including phenoxy) is 2. The van der Waals surface area contributed by atoms with E-state index in [1.54, 1.807) is 42.5 Å². The molecule has 5 N–H and O–H groups in total. The number of aliphatic hydroxyl groups is 1. The van der Waals surface area contributed by atoms with E-state index >= 15 is 0 Å². The lowest BCUT2D eigenvalue weighted by Crippen LogP contribution is -2.28. The zero-order valence-electron chi connectivity index (χ0n) is 18.5. The predicted molar refractivity (Wildman–Crippen MR) is 121 cm³/mol. The van der Waals surface area contributed by atoms with E-state index in [4.69, 9.17) is 15.2 Å². The molecule has 0 aromatic heterocycles. The Morgan fingerprint density at radius 3 is 2.29 bits per heavy atom. The van der Waals surface area contributed by atoms with Crippen molar-refractivity contribution in [1.29, 1.82) is 0 Å². The van der Waals surface area contributed by atoms with Gasteiger partial charge in [0.2, 0.25) is 0 Å². The zero-order chi connectivity index (χ0) is 25.6. The van der Waals surface area contributed by atoms with Crippen molar-refractivity contribution in [3.8, 4) is 17.2 Å². The minimum Gasteiger partial charge on any atom is -0.494 e. The molecule has 3 aromatic rings. The summed E-state index contributed by atoms with van der Waals surface area (Å²) in [5, 5.41) is 14.3. The summed E-state index contributed by atoms with van der Waals surface area (Å²) >= 11 is 0. The Kier molecular flexibility index (Phi) is 7.82. The second-order valence-electron chi connectivity index (χ2n) is 7.25. The van der Waals surface area contributed by atoms with Crippen molar-refractivity contribution in [3.63, 3.8) is 0 Å². The Morgan fingerprint density at radius 2 is 1.66 bits per heavy atom. The van der Waals surface area contributed by atoms with Gasteiger partial charge in [0.05, 0.1) is 30.5 Å². The van der Waals surface area contributed by atoms with Gasteiger partial charge in [-0.1, -0.05) is 30.3 Å². The minimum absolute atomic E-state index is 0.0606. The number of rotatable bonds is 8. The van der Waals surface area contributed by atoms with E-state index in [-0.39, 0.29) is 34.9 Å². The molecule has 0 aliphatic rings. The second-order valence-corrected chi connectivity index (χ2v) is 7.25. The number of urea groups is 1. The third-order valence-electron chi connectivity index (χ3n) is 4.90. The van der Waals surface area contributed by atoms with Crippen LogP contribution in [-0.2, 0) is 19.3 Å². The van der Waals surface area contributed by atoms with Gasteiger partial charge in [0.25, 0.3) is 5.91 Å². The Bertz CT molecular complexity index is 1230. The lowest BCUT2D eigenvalue weighted by molar-refractivity contribution is -0.137. The molecule has 0 atom stereocenters. The van der Waals surface area contributed by atoms with Gasteiger partial charge in [-0.15, -0.1) is 0 Å². The zero-order valence-corrected chi connectivity index (χ0v) is 18.5. The molecule has 11 heteroatoms. The van der Waals surface area contributed by atoms with Gasteiger partial charge in [0.1, 0.15) is 17.2 Å². The molecule has 0 radical (unpaired) electrons. The summed E-state index contributed by atoms with van der Waals surface area (Å²) in [6.07, 6.45) is -4.69. The van der Waals surface area contributed by atoms with E-state index in [1.165, 1.54) is 13.2 Å². The number of amides is 3. The molecule has 0 unspecified atom stereocenters. The van der Waals surface area contributed by atoms with Gasteiger partial charge in [-0.3, -0.25) is 4.79 Å². The van der Waals surface area contributed by atoms with Crippen LogP contribution in [0.5, 0.6) is 17.2 Å². The summed E-state index contributed by atoms with van der Waals surface area (Å²) in [7, 11) is 1.21. The SMILES string of the molecule is COc1c(CO)cc(C(F)(F)F)cc1NC(=O)NCc1ccccc1Oc1ccccc1C(N)=O. The topological polar surface area (TPSA) is 123 Å². The summed E-state index contributed by atoms with van der Waals surface area (Å²) in [6.45, 7) is -0.782. The Hall–Kier alpha value is -4.25. The highest BCUT2D eigenvalue weighted by molar-refractivity contribution is 5.95. The first-order valence-electron chi connectivity index (χ1n) is 10.2. The number of nitrogens with two attached hydrogens (primary N) is 1. The van der Waals surface area contributed by atoms with Gasteiger partial charge in [-0.05, 0) is 30.3 Å². The van der Waals surface area contributed by atoms with Crippen molar-refractivity contribution in [3.05, 3.63) is 82.9 Å². The van der Waals surface area contributed by atoms with Crippen LogP contribution in [0.3, 0.4) is 0 Å². The maximum Gasteiger partial charge on any atom is 0.416 e. The number of benzene rings is 3. The average Bonchev–Trinajstić information content (AvgIpc) is 2.82. The first-order chi connectivity index (χ1) is 16.6. The molecule has 184 valence electrons. The fourth-order valence-electron chi connectivity index (χ4n) is 3.27. The van der Waals surface area contributed by atoms with Crippen molar-refractivity contribution in [2.24, 2.45) is 5.73 Å². The van der Waals surface area contributed by atoms with Gasteiger partial charge in [-0.25, -0.2) is 4.79 Å². The normalized spacial score (nSPS) is 11.0. The standard InChI is InChI=1S/C24H22F3N3O5/c1-34-21-15(13-31)10-16(24(25,26)27)11-18(21)30-23(33)29-12-14-6-2-4-8-19(14)35-20-9-5-3-7-17(20)22(28)32/h2-11,31H,12-13H2,1H3,(H2,28,32)(H2,29,30,33). The van der Waals surface area contributed by atoms with E-state index in [1.807, 2.05) is 0 Å². The molecule has 0 aliphatic carbocycles. The number of para-hydroxylation sites is 2. The maximum atomic E-state index is 13.2. The van der Waals surface area contributed by atoms with Crippen LogP contribution in [0, 0.1) is 0 Å². The molecular formula is C24H22F3N3O5. The van der Waals surface area contributed by atoms with Gasteiger partial charge >= 0.3 is 12.2 Å². The summed E-state index contributed by atoms with van der Waals surface area (Å²) in [6, 6.07) is 13.7. The highest BCUT2D eigenvalue weighted by atomic mass is 19.4. The number of hydrogen-bond donors (Lipinski definition) is 4. The van der Waals surface area contributed by atoms with E-state index in [0.717, 1.165) is 12.1 Å². The molecule has 0 aliphatic heterocycles. The van der Waals surface area contributed by atoms with Crippen molar-refractivity contribution in [1.82, 2.24) is 5.32 Å². The highest BCUT2D eigenvalue weighted by Gasteiger charge is 2.32. The smallest absolute Gasteiger partial charge is 0.416 e. The summed E-state index contributed by atoms with van der Waals surface area (Å²) in [4.78, 5) is 24.2. The molecule has 0 saturated carbocycles. The number of nitrogens with one attached hydrogen (secondary N) is 2. The number of methoxy groups -OCH3 is 1. The summed E-state index contributed by atoms with van der Waals surface area (Å²) in [5.74, 6) is -0.210. The number of hydrogen-bond acceptors (Lipinski definition) is 5. The first kappa shape index (κ1) is 25.4. The third-order valence-corrected chi connectivity index (χ3v) is 4.90. The van der Waals surface area contributed by atoms with Crippen LogP contribution >= 0.6 is 0 Å². The number of primary amides is 1. The first-order valence-corrected chi connectivity index (χ1v) is 10.2. The monoisotopic (exact) mass is 489 g/mol. The number of carbonyl (C=O) groups excluding carboxylic acids is 2. The second kappa shape index (κ2) is 10.8. The molecule has 0 fully saturated rings. The van der Waals surface area contributed by atoms with Crippen molar-refractivity contribution in [2.75, 3.05) is 12.4 Å². The minimum atomic E-state index is -4.69. The number of aliphatic hydroxyl groups excluding tert-OH is 1. The fourth-order valence-corrected chi connectivity index (χ4v) is 3.27. The Labute approximate surface area is 198 Å². The quantitative estimate of drug-likeness (QED) is 0.373. The van der Waals surface area contributed by atoms with Gasteiger partial charge in [0, 0.05) is 17.7 Å². The molecule has 35 heavy (non-hydrogen) atoms. The molecule has 0 saturated heterocycles. The maximum absolute atomic E-state index is 13.2. The van der Waals surface area contributed by atoms with Gasteiger partial charge in [-0.2, -0.15) is 13.2 Å². The lowest BCUT2D eigenvalue weighted by atomic mass is 10.1. The number of halogens is 3. The molecule has 3 rings (SSSR count). The fraction of sp³-hybridized carbons (Fsp3) is 0.167. The summed E-state index contributed by atoms with van der Waals surface area (Å²) in [5.41, 5.74) is 4.63. The molecular weight excluding hydrogens is 467 g/mol. The summed E-state index contributed by atoms with van der Waals surface area (Å²) < 4.78 is 50.6. The van der Waals surface area contributed by atoms with Crippen molar-refractivity contribution in [2.45, 2.75) is 19.3 Å². The number of anilines is 1. The van der Waals surface area contributed by atoms with E-state index < -0.39 is 30.3 Å². The highest BCUT2D eigenvalue weighted by Crippen LogP contribution is 2.38. The lowest BCUT2D eigenvalue weighted by Gasteiger charge is -2.18. The Morgan fingerprint density at radius 1 is 1.00 bits per heavy atom. The third kappa shape index (κ3) is 6.21. The van der Waals surface area contributed by atoms with Gasteiger partial charge in [0.15, 0.2) is 0 Å². The van der Waals surface area contributed by atoms with Gasteiger partial charge < -0.3 is 30.9 Å². The molecule has 3 amide bonds. The van der Waals surface area contributed by atoms with E-state index in [9.17, 15) is 27.9 Å². The Balaban J connectivity index is 1.78. The molecule has 0 spiro atoms. The van der Waals surface area contributed by atoms with Crippen LogP contribution in [0.2, 0.25) is 0 Å². The molecule has 3 aromatic carbocycles. The molecule has 0 heterocycles. The number of carbonyl (C=O) groups is 2. The van der Waals surface area contributed by atoms with Crippen LogP contribution in [0.4, 0.5) is 23.7 Å². The molecule has 8 nitrogen and oxygen atoms in total. The van der Waals surface area contributed by atoms with Crippen LogP contribution < -0.4 is 25.8 Å². The van der Waals surface area contributed by atoms with Crippen LogP contribution in [0.25, 0.3) is 0 Å². The van der Waals surface area contributed by atoms with Crippen molar-refractivity contribution >= 4 is 17.6 Å². The molecule has 0 bridgehead atoms. The van der Waals surface area contributed by atoms with Crippen LogP contribution in [0.15, 0.2) is 60.7 Å². The van der Waals surface area contributed by atoms with Crippen LogP contribution in [-0.4, -0.2) is 24.2 Å². The average molecular weight is 489 g/mol. The largest absolute Gasteiger partial charge is 0.494 e. The predicted octanol–water partition coefficient (Wildman–Crippen LogP) is 4.42. The van der Waals surface area contributed by atoms with E-state index in [0.29, 0.717) is 11.3 Å². The van der Waals surface area contributed by atoms with Crippen LogP contribution in [0.1, 0.15) is 27.0 Å².